The number of likely N-dealkylation sites (tertiary alicyclic amines) is 1. The molecule has 0 aliphatic carbocycles. The van der Waals surface area contributed by atoms with Crippen molar-refractivity contribution in [2.24, 2.45) is 0 Å². The Morgan fingerprint density at radius 3 is 2.61 bits per heavy atom. The highest BCUT2D eigenvalue weighted by molar-refractivity contribution is 7.90. The molecular formula is C13H18ClNO2S. The monoisotopic (exact) mass is 287 g/mol. The van der Waals surface area contributed by atoms with Crippen LogP contribution < -0.4 is 0 Å². The summed E-state index contributed by atoms with van der Waals surface area (Å²) in [6.07, 6.45) is 3.50. The van der Waals surface area contributed by atoms with E-state index in [4.69, 9.17) is 11.6 Å². The lowest BCUT2D eigenvalue weighted by atomic mass is 10.0. The maximum atomic E-state index is 11.2. The molecule has 5 heteroatoms. The van der Waals surface area contributed by atoms with Crippen LogP contribution in [0.25, 0.3) is 0 Å². The first-order valence-corrected chi connectivity index (χ1v) is 8.57. The second-order valence-corrected chi connectivity index (χ2v) is 7.57. The molecule has 0 aromatic heterocycles. The van der Waals surface area contributed by atoms with Crippen molar-refractivity contribution in [1.29, 1.82) is 0 Å². The fraction of sp³-hybridized carbons (Fsp3) is 0.538. The zero-order valence-corrected chi connectivity index (χ0v) is 12.0. The topological polar surface area (TPSA) is 37.4 Å². The maximum Gasteiger partial charge on any atom is 0.148 e. The zero-order valence-electron chi connectivity index (χ0n) is 10.5. The Labute approximate surface area is 114 Å². The van der Waals surface area contributed by atoms with E-state index in [1.165, 1.54) is 11.8 Å². The molecule has 1 aromatic rings. The van der Waals surface area contributed by atoms with E-state index in [1.807, 2.05) is 24.3 Å². The molecule has 1 aliphatic rings. The molecule has 0 amide bonds. The summed E-state index contributed by atoms with van der Waals surface area (Å²) in [6, 6.07) is 8.19. The van der Waals surface area contributed by atoms with Crippen molar-refractivity contribution in [2.75, 3.05) is 25.1 Å². The molecule has 0 N–H and O–H groups in total. The third-order valence-corrected chi connectivity index (χ3v) is 4.54. The highest BCUT2D eigenvalue weighted by Gasteiger charge is 2.26. The number of benzene rings is 1. The summed E-state index contributed by atoms with van der Waals surface area (Å²) in [7, 11) is -2.89. The molecule has 2 rings (SSSR count). The average Bonchev–Trinajstić information content (AvgIpc) is 2.75. The SMILES string of the molecule is CS(=O)(=O)CCN1CCC[C@H]1c1ccc(Cl)cc1. The van der Waals surface area contributed by atoms with Crippen LogP contribution in [0.15, 0.2) is 24.3 Å². The zero-order chi connectivity index (χ0) is 13.2. The second kappa shape index (κ2) is 5.59. The minimum Gasteiger partial charge on any atom is -0.295 e. The number of hydrogen-bond acceptors (Lipinski definition) is 3. The van der Waals surface area contributed by atoms with Gasteiger partial charge in [0.25, 0.3) is 0 Å². The van der Waals surface area contributed by atoms with Crippen molar-refractivity contribution in [3.8, 4) is 0 Å². The van der Waals surface area contributed by atoms with Gasteiger partial charge in [-0.25, -0.2) is 8.42 Å². The van der Waals surface area contributed by atoms with Crippen LogP contribution in [-0.2, 0) is 9.84 Å². The van der Waals surface area contributed by atoms with Gasteiger partial charge < -0.3 is 0 Å². The van der Waals surface area contributed by atoms with Crippen molar-refractivity contribution in [3.05, 3.63) is 34.9 Å². The Balaban J connectivity index is 2.05. The molecule has 3 nitrogen and oxygen atoms in total. The van der Waals surface area contributed by atoms with Crippen LogP contribution in [0.5, 0.6) is 0 Å². The van der Waals surface area contributed by atoms with Gasteiger partial charge >= 0.3 is 0 Å². The Morgan fingerprint density at radius 1 is 1.33 bits per heavy atom. The van der Waals surface area contributed by atoms with Crippen molar-refractivity contribution in [3.63, 3.8) is 0 Å². The molecule has 1 heterocycles. The van der Waals surface area contributed by atoms with Crippen molar-refractivity contribution < 1.29 is 8.42 Å². The van der Waals surface area contributed by atoms with Crippen molar-refractivity contribution in [2.45, 2.75) is 18.9 Å². The lowest BCUT2D eigenvalue weighted by Gasteiger charge is -2.24. The lowest BCUT2D eigenvalue weighted by Crippen LogP contribution is -2.28. The predicted molar refractivity (Wildman–Crippen MR) is 74.7 cm³/mol. The van der Waals surface area contributed by atoms with Crippen LogP contribution in [0.3, 0.4) is 0 Å². The van der Waals surface area contributed by atoms with Crippen LogP contribution in [0, 0.1) is 0 Å². The van der Waals surface area contributed by atoms with Crippen LogP contribution in [0.2, 0.25) is 5.02 Å². The van der Waals surface area contributed by atoms with E-state index in [0.29, 0.717) is 12.6 Å². The first-order valence-electron chi connectivity index (χ1n) is 6.13. The van der Waals surface area contributed by atoms with E-state index >= 15 is 0 Å². The second-order valence-electron chi connectivity index (χ2n) is 4.88. The van der Waals surface area contributed by atoms with Gasteiger partial charge in [-0.05, 0) is 37.1 Å². The van der Waals surface area contributed by atoms with Crippen LogP contribution in [0.1, 0.15) is 24.4 Å². The molecule has 0 bridgehead atoms. The van der Waals surface area contributed by atoms with Gasteiger partial charge in [-0.2, -0.15) is 0 Å². The van der Waals surface area contributed by atoms with Crippen molar-refractivity contribution in [1.82, 2.24) is 4.90 Å². The Bertz CT molecular complexity index is 498. The predicted octanol–water partition coefficient (Wildman–Crippen LogP) is 2.52. The first-order chi connectivity index (χ1) is 8.46. The highest BCUT2D eigenvalue weighted by atomic mass is 35.5. The molecule has 1 aromatic carbocycles. The smallest absolute Gasteiger partial charge is 0.148 e. The third kappa shape index (κ3) is 3.70. The molecule has 1 fully saturated rings. The molecule has 18 heavy (non-hydrogen) atoms. The van der Waals surface area contributed by atoms with Gasteiger partial charge in [0.05, 0.1) is 5.75 Å². The van der Waals surface area contributed by atoms with Gasteiger partial charge in [0, 0.05) is 23.9 Å². The largest absolute Gasteiger partial charge is 0.295 e. The third-order valence-electron chi connectivity index (χ3n) is 3.37. The van der Waals surface area contributed by atoms with Crippen LogP contribution in [-0.4, -0.2) is 38.4 Å². The van der Waals surface area contributed by atoms with Crippen molar-refractivity contribution >= 4 is 21.4 Å². The summed E-state index contributed by atoms with van der Waals surface area (Å²) >= 11 is 5.88. The maximum absolute atomic E-state index is 11.2. The van der Waals surface area contributed by atoms with E-state index < -0.39 is 9.84 Å². The van der Waals surface area contributed by atoms with Crippen LogP contribution >= 0.6 is 11.6 Å². The Kier molecular flexibility index (Phi) is 4.30. The van der Waals surface area contributed by atoms with Gasteiger partial charge in [-0.15, -0.1) is 0 Å². The molecular weight excluding hydrogens is 270 g/mol. The molecule has 1 saturated heterocycles. The van der Waals surface area contributed by atoms with Gasteiger partial charge in [0.15, 0.2) is 0 Å². The number of nitrogens with zero attached hydrogens (tertiary/aromatic N) is 1. The number of sulfone groups is 1. The summed E-state index contributed by atoms with van der Waals surface area (Å²) in [5.41, 5.74) is 1.23. The van der Waals surface area contributed by atoms with Gasteiger partial charge in [-0.3, -0.25) is 4.90 Å². The standard InChI is InChI=1S/C13H18ClNO2S/c1-18(16,17)10-9-15-8-2-3-13(15)11-4-6-12(14)7-5-11/h4-7,13H,2-3,8-10H2,1H3/t13-/m0/s1. The van der Waals surface area contributed by atoms with E-state index in [-0.39, 0.29) is 5.75 Å². The lowest BCUT2D eigenvalue weighted by molar-refractivity contribution is 0.272. The number of hydrogen-bond donors (Lipinski definition) is 0. The van der Waals surface area contributed by atoms with Gasteiger partial charge in [-0.1, -0.05) is 23.7 Å². The van der Waals surface area contributed by atoms with E-state index in [1.54, 1.807) is 0 Å². The van der Waals surface area contributed by atoms with Gasteiger partial charge in [0.1, 0.15) is 9.84 Å². The van der Waals surface area contributed by atoms with E-state index in [2.05, 4.69) is 4.90 Å². The minimum atomic E-state index is -2.89. The molecule has 100 valence electrons. The minimum absolute atomic E-state index is 0.233. The Hall–Kier alpha value is -0.580. The first kappa shape index (κ1) is 13.8. The quantitative estimate of drug-likeness (QED) is 0.854. The normalized spacial score (nSPS) is 21.3. The molecule has 1 atom stereocenters. The fourth-order valence-corrected chi connectivity index (χ4v) is 3.13. The van der Waals surface area contributed by atoms with Gasteiger partial charge in [0.2, 0.25) is 0 Å². The summed E-state index contributed by atoms with van der Waals surface area (Å²) < 4.78 is 22.5. The van der Waals surface area contributed by atoms with E-state index in [0.717, 1.165) is 24.4 Å². The molecule has 1 aliphatic heterocycles. The molecule has 0 saturated carbocycles. The summed E-state index contributed by atoms with van der Waals surface area (Å²) in [5.74, 6) is 0.233. The Morgan fingerprint density at radius 2 is 2.00 bits per heavy atom. The molecule has 0 radical (unpaired) electrons. The molecule has 0 unspecified atom stereocenters. The summed E-state index contributed by atoms with van der Waals surface area (Å²) in [5, 5.41) is 0.736. The highest BCUT2D eigenvalue weighted by Crippen LogP contribution is 2.32. The fourth-order valence-electron chi connectivity index (χ4n) is 2.44. The summed E-state index contributed by atoms with van der Waals surface area (Å²) in [4.78, 5) is 2.25. The molecule has 0 spiro atoms. The summed E-state index contributed by atoms with van der Waals surface area (Å²) in [6.45, 7) is 1.59. The van der Waals surface area contributed by atoms with Crippen LogP contribution in [0.4, 0.5) is 0 Å². The number of halogens is 1. The number of rotatable bonds is 4. The van der Waals surface area contributed by atoms with E-state index in [9.17, 15) is 8.42 Å². The average molecular weight is 288 g/mol.